The van der Waals surface area contributed by atoms with Gasteiger partial charge in [-0.2, -0.15) is 0 Å². The van der Waals surface area contributed by atoms with Crippen molar-refractivity contribution >= 4 is 64.1 Å². The summed E-state index contributed by atoms with van der Waals surface area (Å²) in [5.41, 5.74) is 10.9. The number of thiophene rings is 1. The quantitative estimate of drug-likeness (QED) is 0.178. The molecule has 0 unspecified atom stereocenters. The van der Waals surface area contributed by atoms with Crippen LogP contribution in [0.3, 0.4) is 0 Å². The van der Waals surface area contributed by atoms with Gasteiger partial charge in [0.15, 0.2) is 5.82 Å². The summed E-state index contributed by atoms with van der Waals surface area (Å²) in [5, 5.41) is 7.71. The van der Waals surface area contributed by atoms with Crippen LogP contribution in [0.25, 0.3) is 103 Å². The monoisotopic (exact) mass is 705 g/mol. The zero-order valence-electron chi connectivity index (χ0n) is 29.1. The van der Waals surface area contributed by atoms with Crippen molar-refractivity contribution in [1.82, 2.24) is 14.5 Å². The molecule has 11 aromatic rings. The number of hydrogen-bond acceptors (Lipinski definition) is 3. The number of rotatable bonds is 5. The van der Waals surface area contributed by atoms with Crippen LogP contribution in [0.15, 0.2) is 188 Å². The molecule has 0 radical (unpaired) electrons. The highest BCUT2D eigenvalue weighted by atomic mass is 32.1. The molecule has 3 aromatic heterocycles. The third kappa shape index (κ3) is 4.81. The van der Waals surface area contributed by atoms with Crippen LogP contribution in [0.2, 0.25) is 0 Å². The lowest BCUT2D eigenvalue weighted by atomic mass is 9.98. The molecule has 0 spiro atoms. The van der Waals surface area contributed by atoms with Gasteiger partial charge in [0.25, 0.3) is 0 Å². The zero-order valence-corrected chi connectivity index (χ0v) is 30.0. The molecule has 0 N–H and O–H groups in total. The van der Waals surface area contributed by atoms with Crippen molar-refractivity contribution in [2.45, 2.75) is 0 Å². The van der Waals surface area contributed by atoms with E-state index in [1.807, 2.05) is 35.6 Å². The first-order chi connectivity index (χ1) is 26.8. The first-order valence-corrected chi connectivity index (χ1v) is 19.1. The first kappa shape index (κ1) is 30.7. The summed E-state index contributed by atoms with van der Waals surface area (Å²) < 4.78 is 5.12. The molecule has 0 bridgehead atoms. The third-order valence-electron chi connectivity index (χ3n) is 10.6. The molecular weight excluding hydrogens is 675 g/mol. The Hall–Kier alpha value is -6.88. The molecule has 0 aliphatic carbocycles. The van der Waals surface area contributed by atoms with Gasteiger partial charge in [0.2, 0.25) is 0 Å². The van der Waals surface area contributed by atoms with E-state index >= 15 is 0 Å². The van der Waals surface area contributed by atoms with E-state index in [4.69, 9.17) is 9.97 Å². The van der Waals surface area contributed by atoms with Crippen LogP contribution in [0, 0.1) is 0 Å². The summed E-state index contributed by atoms with van der Waals surface area (Å²) in [6, 6.07) is 67.0. The molecule has 0 saturated carbocycles. The molecule has 0 aliphatic rings. The summed E-state index contributed by atoms with van der Waals surface area (Å²) >= 11 is 1.91. The van der Waals surface area contributed by atoms with Crippen LogP contribution in [-0.4, -0.2) is 14.5 Å². The van der Waals surface area contributed by atoms with Crippen LogP contribution in [-0.2, 0) is 0 Å². The molecule has 4 heteroatoms. The third-order valence-corrected chi connectivity index (χ3v) is 11.9. The van der Waals surface area contributed by atoms with Crippen molar-refractivity contribution in [2.75, 3.05) is 0 Å². The summed E-state index contributed by atoms with van der Waals surface area (Å²) in [6.07, 6.45) is 0. The van der Waals surface area contributed by atoms with Crippen molar-refractivity contribution in [1.29, 1.82) is 0 Å². The summed E-state index contributed by atoms with van der Waals surface area (Å²) in [6.45, 7) is 0. The van der Waals surface area contributed by atoms with Crippen LogP contribution in [0.1, 0.15) is 0 Å². The number of fused-ring (bicyclic) bond motifs is 10. The Morgan fingerprint density at radius 3 is 1.65 bits per heavy atom. The van der Waals surface area contributed by atoms with E-state index in [-0.39, 0.29) is 0 Å². The number of benzene rings is 8. The first-order valence-electron chi connectivity index (χ1n) is 18.3. The minimum atomic E-state index is 0.715. The SMILES string of the molecule is c1ccc(-c2cc(-c3ccc(-n4c5ccccc5c5c6ccccc6c6sc7c(-c8ccccc8)cccc7c6c54)cc3)nc(-c3ccccc3)n2)cc1. The molecule has 11 rings (SSSR count). The number of nitrogens with zero attached hydrogens (tertiary/aromatic N) is 3. The highest BCUT2D eigenvalue weighted by molar-refractivity contribution is 7.27. The highest BCUT2D eigenvalue weighted by Gasteiger charge is 2.23. The minimum Gasteiger partial charge on any atom is -0.309 e. The predicted octanol–water partition coefficient (Wildman–Crippen LogP) is 13.8. The maximum Gasteiger partial charge on any atom is 0.160 e. The fourth-order valence-electron chi connectivity index (χ4n) is 8.16. The van der Waals surface area contributed by atoms with E-state index in [1.54, 1.807) is 0 Å². The smallest absolute Gasteiger partial charge is 0.160 e. The van der Waals surface area contributed by atoms with Crippen LogP contribution in [0.5, 0.6) is 0 Å². The van der Waals surface area contributed by atoms with Gasteiger partial charge in [-0.25, -0.2) is 9.97 Å². The van der Waals surface area contributed by atoms with Crippen molar-refractivity contribution in [3.63, 3.8) is 0 Å². The van der Waals surface area contributed by atoms with Gasteiger partial charge in [-0.3, -0.25) is 0 Å². The molecule has 0 aliphatic heterocycles. The molecule has 0 atom stereocenters. The Labute approximate surface area is 316 Å². The summed E-state index contributed by atoms with van der Waals surface area (Å²) in [7, 11) is 0. The molecule has 3 nitrogen and oxygen atoms in total. The lowest BCUT2D eigenvalue weighted by molar-refractivity contribution is 1.17. The van der Waals surface area contributed by atoms with Gasteiger partial charge in [-0.05, 0) is 40.8 Å². The largest absolute Gasteiger partial charge is 0.309 e. The minimum absolute atomic E-state index is 0.715. The van der Waals surface area contributed by atoms with Gasteiger partial charge >= 0.3 is 0 Å². The standard InChI is InChI=1S/C50H31N3S/c1-4-15-32(16-5-1)37-24-14-25-41-46-47-45(38-21-10-11-22-39(38)49(46)54-48(37)41)40-23-12-13-26-44(40)53(47)36-29-27-34(28-30-36)43-31-42(33-17-6-2-7-18-33)51-50(52-43)35-19-8-3-9-20-35/h1-31H. The number of hydrogen-bond donors (Lipinski definition) is 0. The highest BCUT2D eigenvalue weighted by Crippen LogP contribution is 2.49. The Balaban J connectivity index is 1.17. The molecule has 0 saturated heterocycles. The summed E-state index contributed by atoms with van der Waals surface area (Å²) in [4.78, 5) is 10.1. The second-order valence-electron chi connectivity index (χ2n) is 13.7. The Bertz CT molecular complexity index is 3120. The van der Waals surface area contributed by atoms with E-state index in [9.17, 15) is 0 Å². The fraction of sp³-hybridized carbons (Fsp3) is 0. The normalized spacial score (nSPS) is 11.7. The predicted molar refractivity (Wildman–Crippen MR) is 229 cm³/mol. The Kier molecular flexibility index (Phi) is 7.04. The molecule has 54 heavy (non-hydrogen) atoms. The average Bonchev–Trinajstić information content (AvgIpc) is 3.82. The number of para-hydroxylation sites is 1. The second-order valence-corrected chi connectivity index (χ2v) is 14.7. The van der Waals surface area contributed by atoms with Gasteiger partial charge in [0.05, 0.1) is 22.4 Å². The average molecular weight is 706 g/mol. The fourth-order valence-corrected chi connectivity index (χ4v) is 9.53. The van der Waals surface area contributed by atoms with Crippen LogP contribution in [0.4, 0.5) is 0 Å². The maximum atomic E-state index is 5.11. The Morgan fingerprint density at radius 1 is 0.389 bits per heavy atom. The van der Waals surface area contributed by atoms with Gasteiger partial charge in [-0.1, -0.05) is 164 Å². The van der Waals surface area contributed by atoms with Crippen molar-refractivity contribution in [3.8, 4) is 50.7 Å². The van der Waals surface area contributed by atoms with Gasteiger partial charge in [-0.15, -0.1) is 11.3 Å². The topological polar surface area (TPSA) is 30.7 Å². The van der Waals surface area contributed by atoms with E-state index in [0.717, 1.165) is 33.8 Å². The zero-order chi connectivity index (χ0) is 35.6. The van der Waals surface area contributed by atoms with E-state index < -0.39 is 0 Å². The van der Waals surface area contributed by atoms with E-state index in [1.165, 1.54) is 63.9 Å². The lowest BCUT2D eigenvalue weighted by Crippen LogP contribution is -1.97. The lowest BCUT2D eigenvalue weighted by Gasteiger charge is -2.12. The van der Waals surface area contributed by atoms with Gasteiger partial charge in [0.1, 0.15) is 0 Å². The molecule has 3 heterocycles. The molecule has 8 aromatic carbocycles. The molecular formula is C50H31N3S. The van der Waals surface area contributed by atoms with E-state index in [2.05, 4.69) is 168 Å². The van der Waals surface area contributed by atoms with Crippen LogP contribution >= 0.6 is 11.3 Å². The molecule has 0 amide bonds. The van der Waals surface area contributed by atoms with Crippen molar-refractivity contribution < 1.29 is 0 Å². The second kappa shape index (κ2) is 12.4. The van der Waals surface area contributed by atoms with Crippen molar-refractivity contribution in [3.05, 3.63) is 188 Å². The van der Waals surface area contributed by atoms with E-state index in [0.29, 0.717) is 5.82 Å². The van der Waals surface area contributed by atoms with Crippen LogP contribution < -0.4 is 0 Å². The Morgan fingerprint density at radius 2 is 0.944 bits per heavy atom. The van der Waals surface area contributed by atoms with Gasteiger partial charge < -0.3 is 4.57 Å². The molecule has 252 valence electrons. The van der Waals surface area contributed by atoms with Crippen molar-refractivity contribution in [2.24, 2.45) is 0 Å². The number of aromatic nitrogens is 3. The van der Waals surface area contributed by atoms with Gasteiger partial charge in [0, 0.05) is 58.7 Å². The molecule has 0 fully saturated rings. The summed E-state index contributed by atoms with van der Waals surface area (Å²) in [5.74, 6) is 0.715. The maximum absolute atomic E-state index is 5.11.